The van der Waals surface area contributed by atoms with Crippen molar-refractivity contribution in [2.45, 2.75) is 0 Å². The molecule has 0 atom stereocenters. The normalized spacial score (nSPS) is 11.0. The minimum atomic E-state index is -0.374. The second-order valence-electron chi connectivity index (χ2n) is 4.89. The van der Waals surface area contributed by atoms with E-state index >= 15 is 0 Å². The number of carbonyl (C=O) groups excluding carboxylic acids is 1. The molecule has 116 valence electrons. The van der Waals surface area contributed by atoms with Crippen molar-refractivity contribution in [2.75, 3.05) is 0 Å². The van der Waals surface area contributed by atoms with E-state index in [2.05, 4.69) is 20.7 Å². The molecule has 2 heterocycles. The molecule has 1 aromatic carbocycles. The molecule has 0 saturated carbocycles. The number of hydrazone groups is 1. The summed E-state index contributed by atoms with van der Waals surface area (Å²) in [5, 5.41) is 11.3. The van der Waals surface area contributed by atoms with Gasteiger partial charge in [0, 0.05) is 23.8 Å². The number of benzene rings is 1. The number of carbonyl (C=O) groups is 1. The van der Waals surface area contributed by atoms with Gasteiger partial charge in [-0.3, -0.25) is 9.89 Å². The third kappa shape index (κ3) is 3.32. The van der Waals surface area contributed by atoms with Crippen LogP contribution in [-0.4, -0.2) is 26.9 Å². The molecule has 0 bridgehead atoms. The molecule has 0 spiro atoms. The van der Waals surface area contributed by atoms with Gasteiger partial charge >= 0.3 is 0 Å². The fraction of sp³-hybridized carbons (Fsp3) is 0.0625. The Morgan fingerprint density at radius 3 is 2.91 bits per heavy atom. The van der Waals surface area contributed by atoms with Crippen molar-refractivity contribution < 1.29 is 4.79 Å². The van der Waals surface area contributed by atoms with E-state index in [4.69, 9.17) is 11.6 Å². The van der Waals surface area contributed by atoms with Gasteiger partial charge < -0.3 is 4.57 Å². The maximum absolute atomic E-state index is 12.1. The number of aryl methyl sites for hydroxylation is 1. The lowest BCUT2D eigenvalue weighted by atomic mass is 10.2. The van der Waals surface area contributed by atoms with Gasteiger partial charge in [-0.1, -0.05) is 29.8 Å². The van der Waals surface area contributed by atoms with E-state index in [0.717, 1.165) is 11.3 Å². The fourth-order valence-corrected chi connectivity index (χ4v) is 2.28. The highest BCUT2D eigenvalue weighted by molar-refractivity contribution is 6.33. The standard InChI is InChI=1S/C16H14ClN5O/c1-22-8-4-7-15(22)13-9-14(20-19-13)16(23)21-18-10-11-5-2-3-6-12(11)17/h2-10H,1H3,(H,19,20)(H,21,23)/b18-10+. The summed E-state index contributed by atoms with van der Waals surface area (Å²) in [6.07, 6.45) is 3.41. The van der Waals surface area contributed by atoms with Gasteiger partial charge in [-0.2, -0.15) is 10.2 Å². The van der Waals surface area contributed by atoms with Gasteiger partial charge in [-0.25, -0.2) is 5.43 Å². The number of amides is 1. The third-order valence-corrected chi connectivity index (χ3v) is 3.65. The van der Waals surface area contributed by atoms with E-state index < -0.39 is 0 Å². The van der Waals surface area contributed by atoms with E-state index in [1.54, 1.807) is 12.1 Å². The van der Waals surface area contributed by atoms with Crippen LogP contribution in [0.5, 0.6) is 0 Å². The minimum Gasteiger partial charge on any atom is -0.349 e. The third-order valence-electron chi connectivity index (χ3n) is 3.30. The fourth-order valence-electron chi connectivity index (χ4n) is 2.10. The number of halogens is 1. The molecular weight excluding hydrogens is 314 g/mol. The average molecular weight is 328 g/mol. The Bertz CT molecular complexity index is 865. The molecule has 6 nitrogen and oxygen atoms in total. The van der Waals surface area contributed by atoms with Gasteiger partial charge in [0.15, 0.2) is 0 Å². The molecule has 0 aliphatic carbocycles. The van der Waals surface area contributed by atoms with Crippen LogP contribution in [0.4, 0.5) is 0 Å². The molecule has 3 rings (SSSR count). The summed E-state index contributed by atoms with van der Waals surface area (Å²) >= 11 is 6.01. The van der Waals surface area contributed by atoms with Crippen LogP contribution < -0.4 is 5.43 Å². The lowest BCUT2D eigenvalue weighted by Gasteiger charge is -1.98. The first-order valence-electron chi connectivity index (χ1n) is 6.90. The van der Waals surface area contributed by atoms with Crippen LogP contribution in [-0.2, 0) is 7.05 Å². The van der Waals surface area contributed by atoms with Crippen molar-refractivity contribution in [3.8, 4) is 11.4 Å². The maximum atomic E-state index is 12.1. The van der Waals surface area contributed by atoms with Crippen LogP contribution in [0, 0.1) is 0 Å². The van der Waals surface area contributed by atoms with Crippen LogP contribution in [0.15, 0.2) is 53.8 Å². The van der Waals surface area contributed by atoms with Crippen molar-refractivity contribution in [2.24, 2.45) is 12.1 Å². The van der Waals surface area contributed by atoms with E-state index in [0.29, 0.717) is 16.4 Å². The highest BCUT2D eigenvalue weighted by Crippen LogP contribution is 2.17. The zero-order valence-corrected chi connectivity index (χ0v) is 13.1. The zero-order valence-electron chi connectivity index (χ0n) is 12.3. The Kier molecular flexibility index (Phi) is 4.25. The van der Waals surface area contributed by atoms with E-state index in [-0.39, 0.29) is 5.91 Å². The molecule has 0 radical (unpaired) electrons. The molecule has 23 heavy (non-hydrogen) atoms. The van der Waals surface area contributed by atoms with Crippen molar-refractivity contribution in [3.05, 3.63) is 64.9 Å². The summed E-state index contributed by atoms with van der Waals surface area (Å²) in [5.74, 6) is -0.374. The summed E-state index contributed by atoms with van der Waals surface area (Å²) < 4.78 is 1.92. The van der Waals surface area contributed by atoms with Crippen LogP contribution in [0.2, 0.25) is 5.02 Å². The smallest absolute Gasteiger partial charge is 0.289 e. The first-order chi connectivity index (χ1) is 11.1. The van der Waals surface area contributed by atoms with Crippen LogP contribution in [0.3, 0.4) is 0 Å². The molecule has 0 aliphatic rings. The summed E-state index contributed by atoms with van der Waals surface area (Å²) in [7, 11) is 1.91. The topological polar surface area (TPSA) is 75.1 Å². The zero-order chi connectivity index (χ0) is 16.2. The van der Waals surface area contributed by atoms with E-state index in [1.807, 2.05) is 48.1 Å². The number of H-pyrrole nitrogens is 1. The second kappa shape index (κ2) is 6.50. The predicted octanol–water partition coefficient (Wildman–Crippen LogP) is 2.83. The highest BCUT2D eigenvalue weighted by Gasteiger charge is 2.11. The number of aromatic amines is 1. The summed E-state index contributed by atoms with van der Waals surface area (Å²) in [6.45, 7) is 0. The van der Waals surface area contributed by atoms with Crippen molar-refractivity contribution in [1.29, 1.82) is 0 Å². The van der Waals surface area contributed by atoms with Gasteiger partial charge in [0.05, 0.1) is 11.9 Å². The summed E-state index contributed by atoms with van der Waals surface area (Å²) in [4.78, 5) is 12.1. The summed E-state index contributed by atoms with van der Waals surface area (Å²) in [5.41, 5.74) is 5.11. The Hall–Kier alpha value is -2.86. The molecule has 2 N–H and O–H groups in total. The van der Waals surface area contributed by atoms with Gasteiger partial charge in [-0.15, -0.1) is 0 Å². The van der Waals surface area contributed by atoms with Gasteiger partial charge in [0.2, 0.25) is 0 Å². The lowest BCUT2D eigenvalue weighted by molar-refractivity contribution is 0.0950. The molecule has 2 aromatic heterocycles. The van der Waals surface area contributed by atoms with Crippen LogP contribution in [0.1, 0.15) is 16.1 Å². The number of rotatable bonds is 4. The average Bonchev–Trinajstić information content (AvgIpc) is 3.17. The Morgan fingerprint density at radius 1 is 1.35 bits per heavy atom. The number of aromatic nitrogens is 3. The first-order valence-corrected chi connectivity index (χ1v) is 7.28. The molecule has 0 saturated heterocycles. The Balaban J connectivity index is 1.69. The first kappa shape index (κ1) is 15.1. The van der Waals surface area contributed by atoms with Gasteiger partial charge in [-0.05, 0) is 24.3 Å². The molecule has 1 amide bonds. The second-order valence-corrected chi connectivity index (χ2v) is 5.30. The van der Waals surface area contributed by atoms with Gasteiger partial charge in [0.25, 0.3) is 5.91 Å². The molecule has 7 heteroatoms. The maximum Gasteiger partial charge on any atom is 0.289 e. The molecule has 3 aromatic rings. The van der Waals surface area contributed by atoms with Crippen molar-refractivity contribution in [1.82, 2.24) is 20.2 Å². The quantitative estimate of drug-likeness (QED) is 0.571. The Morgan fingerprint density at radius 2 is 2.17 bits per heavy atom. The van der Waals surface area contributed by atoms with Crippen molar-refractivity contribution >= 4 is 23.7 Å². The molecule has 0 unspecified atom stereocenters. The molecule has 0 aliphatic heterocycles. The number of nitrogens with one attached hydrogen (secondary N) is 2. The largest absolute Gasteiger partial charge is 0.349 e. The molecular formula is C16H14ClN5O. The minimum absolute atomic E-state index is 0.331. The number of hydrogen-bond acceptors (Lipinski definition) is 3. The summed E-state index contributed by atoms with van der Waals surface area (Å²) in [6, 6.07) is 12.7. The van der Waals surface area contributed by atoms with E-state index in [1.165, 1.54) is 6.21 Å². The van der Waals surface area contributed by atoms with Crippen LogP contribution >= 0.6 is 11.6 Å². The monoisotopic (exact) mass is 327 g/mol. The van der Waals surface area contributed by atoms with Crippen LogP contribution in [0.25, 0.3) is 11.4 Å². The Labute approximate surface area is 137 Å². The highest BCUT2D eigenvalue weighted by atomic mass is 35.5. The molecule has 0 fully saturated rings. The van der Waals surface area contributed by atoms with Crippen molar-refractivity contribution in [3.63, 3.8) is 0 Å². The lowest BCUT2D eigenvalue weighted by Crippen LogP contribution is -2.18. The number of nitrogens with zero attached hydrogens (tertiary/aromatic N) is 3. The van der Waals surface area contributed by atoms with E-state index in [9.17, 15) is 4.79 Å². The number of hydrogen-bond donors (Lipinski definition) is 2. The predicted molar refractivity (Wildman–Crippen MR) is 89.5 cm³/mol. The SMILES string of the molecule is Cn1cccc1-c1cc(C(=O)N/N=C/c2ccccc2Cl)[nH]n1. The van der Waals surface area contributed by atoms with Gasteiger partial charge in [0.1, 0.15) is 11.4 Å².